The summed E-state index contributed by atoms with van der Waals surface area (Å²) in [5.41, 5.74) is 0.537. The maximum atomic E-state index is 13.6. The lowest BCUT2D eigenvalue weighted by Gasteiger charge is -2.25. The van der Waals surface area contributed by atoms with Crippen molar-refractivity contribution in [1.29, 1.82) is 0 Å². The molecule has 0 amide bonds. The highest BCUT2D eigenvalue weighted by atomic mass is 35.5. The summed E-state index contributed by atoms with van der Waals surface area (Å²) in [5.74, 6) is -0.723. The Bertz CT molecular complexity index is 1830. The summed E-state index contributed by atoms with van der Waals surface area (Å²) in [6.07, 6.45) is 2.27. The van der Waals surface area contributed by atoms with E-state index < -0.39 is 39.7 Å². The minimum Gasteiger partial charge on any atom is -0.493 e. The van der Waals surface area contributed by atoms with E-state index in [1.807, 2.05) is 0 Å². The third kappa shape index (κ3) is 9.23. The zero-order valence-electron chi connectivity index (χ0n) is 26.4. The van der Waals surface area contributed by atoms with Gasteiger partial charge < -0.3 is 18.9 Å². The number of benzene rings is 3. The van der Waals surface area contributed by atoms with E-state index in [1.165, 1.54) is 38.5 Å². The van der Waals surface area contributed by atoms with Gasteiger partial charge >= 0.3 is 11.9 Å². The highest BCUT2D eigenvalue weighted by molar-refractivity contribution is 7.89. The van der Waals surface area contributed by atoms with Gasteiger partial charge in [-0.05, 0) is 62.2 Å². The van der Waals surface area contributed by atoms with Gasteiger partial charge in [-0.15, -0.1) is 0 Å². The largest absolute Gasteiger partial charge is 0.493 e. The van der Waals surface area contributed by atoms with Crippen LogP contribution in [0.1, 0.15) is 60.0 Å². The lowest BCUT2D eigenvalue weighted by atomic mass is 10.0. The fourth-order valence-electron chi connectivity index (χ4n) is 4.61. The van der Waals surface area contributed by atoms with Crippen LogP contribution in [0.3, 0.4) is 0 Å². The Morgan fingerprint density at radius 3 is 2.13 bits per heavy atom. The van der Waals surface area contributed by atoms with Crippen molar-refractivity contribution < 1.29 is 41.9 Å². The van der Waals surface area contributed by atoms with Crippen molar-refractivity contribution >= 4 is 45.2 Å². The molecule has 47 heavy (non-hydrogen) atoms. The second-order valence-corrected chi connectivity index (χ2v) is 13.9. The molecule has 0 saturated carbocycles. The van der Waals surface area contributed by atoms with E-state index in [4.69, 9.17) is 42.1 Å². The molecule has 13 heteroatoms. The fraction of sp³-hybridized carbons (Fsp3) is 0.265. The number of carbonyl (C=O) groups excluding carboxylic acids is 2. The number of methoxy groups -OCH3 is 2. The maximum absolute atomic E-state index is 13.6. The molecule has 0 saturated heterocycles. The molecule has 0 aliphatic rings. The quantitative estimate of drug-likeness (QED) is 0.170. The van der Waals surface area contributed by atoms with Crippen LogP contribution in [-0.2, 0) is 30.7 Å². The van der Waals surface area contributed by atoms with Crippen molar-refractivity contribution in [3.63, 3.8) is 0 Å². The molecular formula is C34H35Cl2N2O8S+. The van der Waals surface area contributed by atoms with E-state index in [0.717, 1.165) is 0 Å². The molecule has 10 nitrogen and oxygen atoms in total. The van der Waals surface area contributed by atoms with Crippen LogP contribution in [0.4, 0.5) is 0 Å². The predicted octanol–water partition coefficient (Wildman–Crippen LogP) is 6.33. The van der Waals surface area contributed by atoms with Crippen LogP contribution in [0.25, 0.3) is 0 Å². The van der Waals surface area contributed by atoms with Crippen molar-refractivity contribution in [3.05, 3.63) is 117 Å². The van der Waals surface area contributed by atoms with E-state index in [9.17, 15) is 18.0 Å². The number of hydrogen-bond donors (Lipinski definition) is 1. The molecule has 2 atom stereocenters. The summed E-state index contributed by atoms with van der Waals surface area (Å²) in [5, 5.41) is 0.660. The number of aromatic amines is 1. The number of aromatic nitrogens is 1. The normalized spacial score (nSPS) is 12.9. The average molecular weight is 703 g/mol. The molecule has 0 fully saturated rings. The van der Waals surface area contributed by atoms with Crippen molar-refractivity contribution in [2.45, 2.75) is 49.8 Å². The number of pyridine rings is 1. The smallest absolute Gasteiger partial charge is 0.338 e. The van der Waals surface area contributed by atoms with Gasteiger partial charge in [0.2, 0.25) is 10.0 Å². The van der Waals surface area contributed by atoms with Gasteiger partial charge in [-0.3, -0.25) is 0 Å². The zero-order chi connectivity index (χ0) is 34.4. The SMILES string of the molecule is COc1ccc([C@H](Cc2c(Cl)c[nH+]cc2Cl)OC(=O)c2cccc(S(=O)(=O)NC(C(=O)OC(C)(C)C)c3ccccc3)c2)cc1OC. The fourth-order valence-corrected chi connectivity index (χ4v) is 6.36. The molecule has 1 unspecified atom stereocenters. The summed E-state index contributed by atoms with van der Waals surface area (Å²) >= 11 is 12.9. The molecule has 4 aromatic rings. The summed E-state index contributed by atoms with van der Waals surface area (Å²) < 4.78 is 51.9. The van der Waals surface area contributed by atoms with Gasteiger partial charge in [0, 0.05) is 12.0 Å². The van der Waals surface area contributed by atoms with Gasteiger partial charge in [0.05, 0.1) is 24.7 Å². The number of esters is 2. The number of sulfonamides is 1. The third-order valence-electron chi connectivity index (χ3n) is 6.84. The molecule has 0 aliphatic heterocycles. The van der Waals surface area contributed by atoms with Crippen LogP contribution in [-0.4, -0.2) is 40.2 Å². The van der Waals surface area contributed by atoms with E-state index in [1.54, 1.807) is 81.7 Å². The summed E-state index contributed by atoms with van der Waals surface area (Å²) in [7, 11) is -1.37. The Morgan fingerprint density at radius 2 is 1.51 bits per heavy atom. The van der Waals surface area contributed by atoms with Gasteiger partial charge in [-0.1, -0.05) is 65.7 Å². The first-order valence-corrected chi connectivity index (χ1v) is 16.6. The number of rotatable bonds is 12. The maximum Gasteiger partial charge on any atom is 0.338 e. The molecule has 0 radical (unpaired) electrons. The molecule has 0 aliphatic carbocycles. The Kier molecular flexibility index (Phi) is 11.5. The van der Waals surface area contributed by atoms with Crippen molar-refractivity contribution in [3.8, 4) is 11.5 Å². The minimum atomic E-state index is -4.35. The molecule has 1 aromatic heterocycles. The number of ether oxygens (including phenoxy) is 4. The molecule has 1 heterocycles. The van der Waals surface area contributed by atoms with E-state index >= 15 is 0 Å². The van der Waals surface area contributed by atoms with Crippen LogP contribution in [0.2, 0.25) is 10.0 Å². The Morgan fingerprint density at radius 1 is 0.851 bits per heavy atom. The summed E-state index contributed by atoms with van der Waals surface area (Å²) in [4.78, 5) is 29.3. The number of nitrogens with one attached hydrogen (secondary N) is 2. The Labute approximate surface area is 284 Å². The lowest BCUT2D eigenvalue weighted by Crippen LogP contribution is -2.38. The second-order valence-electron chi connectivity index (χ2n) is 11.4. The van der Waals surface area contributed by atoms with E-state index in [2.05, 4.69) is 9.71 Å². The Balaban J connectivity index is 1.66. The summed E-state index contributed by atoms with van der Waals surface area (Å²) in [6, 6.07) is 17.3. The molecular weight excluding hydrogens is 667 g/mol. The van der Waals surface area contributed by atoms with Gasteiger partial charge in [-0.2, -0.15) is 4.72 Å². The van der Waals surface area contributed by atoms with Gasteiger partial charge in [0.1, 0.15) is 27.8 Å². The predicted molar refractivity (Wildman–Crippen MR) is 176 cm³/mol. The number of halogens is 2. The first-order chi connectivity index (χ1) is 22.2. The average Bonchev–Trinajstić information content (AvgIpc) is 3.04. The molecule has 0 bridgehead atoms. The van der Waals surface area contributed by atoms with E-state index in [0.29, 0.717) is 38.2 Å². The monoisotopic (exact) mass is 701 g/mol. The Hall–Kier alpha value is -4.16. The molecule has 2 N–H and O–H groups in total. The second kappa shape index (κ2) is 15.2. The third-order valence-corrected chi connectivity index (χ3v) is 8.94. The van der Waals surface area contributed by atoms with Gasteiger partial charge in [-0.25, -0.2) is 23.0 Å². The zero-order valence-corrected chi connectivity index (χ0v) is 28.7. The van der Waals surface area contributed by atoms with Crippen LogP contribution in [0.15, 0.2) is 90.1 Å². The van der Waals surface area contributed by atoms with Crippen LogP contribution in [0, 0.1) is 0 Å². The molecule has 4 rings (SSSR count). The van der Waals surface area contributed by atoms with Crippen molar-refractivity contribution in [2.24, 2.45) is 0 Å². The summed E-state index contributed by atoms with van der Waals surface area (Å²) in [6.45, 7) is 5.05. The van der Waals surface area contributed by atoms with Crippen LogP contribution in [0.5, 0.6) is 11.5 Å². The number of hydrogen-bond acceptors (Lipinski definition) is 8. The van der Waals surface area contributed by atoms with Crippen LogP contribution >= 0.6 is 23.2 Å². The standard InChI is InChI=1S/C34H34Cl2N2O8S/c1-34(2,3)46-33(40)31(21-10-7-6-8-11-21)38-47(41,42)24-13-9-12-23(16-24)32(39)45-29(18-25-26(35)19-37-20-27(25)36)22-14-15-28(43-4)30(17-22)44-5/h6-17,19-20,29,31,38H,18H2,1-5H3/p+1/t29-,31?/m0/s1. The van der Waals surface area contributed by atoms with Crippen LogP contribution < -0.4 is 19.2 Å². The first kappa shape index (κ1) is 35.7. The highest BCUT2D eigenvalue weighted by Gasteiger charge is 2.32. The number of carbonyl (C=O) groups is 2. The van der Waals surface area contributed by atoms with Gasteiger partial charge in [0.25, 0.3) is 0 Å². The number of H-pyrrole nitrogens is 1. The molecule has 3 aromatic carbocycles. The first-order valence-electron chi connectivity index (χ1n) is 14.4. The highest BCUT2D eigenvalue weighted by Crippen LogP contribution is 2.35. The minimum absolute atomic E-state index is 0.0505. The van der Waals surface area contributed by atoms with Gasteiger partial charge in [0.15, 0.2) is 23.9 Å². The molecule has 0 spiro atoms. The topological polar surface area (TPSA) is 131 Å². The van der Waals surface area contributed by atoms with Crippen molar-refractivity contribution in [1.82, 2.24) is 4.72 Å². The lowest BCUT2D eigenvalue weighted by molar-refractivity contribution is -0.377. The van der Waals surface area contributed by atoms with E-state index in [-0.39, 0.29) is 16.9 Å². The van der Waals surface area contributed by atoms with Crippen molar-refractivity contribution in [2.75, 3.05) is 14.2 Å². The molecule has 248 valence electrons.